The molecule has 5 heteroatoms. The molecule has 1 N–H and O–H groups in total. The van der Waals surface area contributed by atoms with E-state index in [-0.39, 0.29) is 5.75 Å². The van der Waals surface area contributed by atoms with Crippen molar-refractivity contribution in [3.8, 4) is 5.75 Å². The summed E-state index contributed by atoms with van der Waals surface area (Å²) in [5, 5.41) is 9.36. The summed E-state index contributed by atoms with van der Waals surface area (Å²) in [6, 6.07) is 15.7. The molecule has 0 bridgehead atoms. The van der Waals surface area contributed by atoms with E-state index in [0.717, 1.165) is 0 Å². The lowest BCUT2D eigenvalue weighted by molar-refractivity contribution is -0.138. The Kier molecular flexibility index (Phi) is 5.11. The Morgan fingerprint density at radius 3 is 2.52 bits per heavy atom. The minimum absolute atomic E-state index is 0.0342. The maximum Gasteiger partial charge on any atom is 0.311 e. The third-order valence-electron chi connectivity index (χ3n) is 3.12. The Bertz CT molecular complexity index is 640. The summed E-state index contributed by atoms with van der Waals surface area (Å²) in [5.41, 5.74) is 0.654. The van der Waals surface area contributed by atoms with E-state index < -0.39 is 22.7 Å². The topological polar surface area (TPSA) is 63.6 Å². The molecule has 4 nitrogen and oxygen atoms in total. The van der Waals surface area contributed by atoms with Gasteiger partial charge in [-0.05, 0) is 23.8 Å². The average Bonchev–Trinajstić information content (AvgIpc) is 2.53. The van der Waals surface area contributed by atoms with Gasteiger partial charge in [-0.25, -0.2) is 0 Å². The number of carbonyl (C=O) groups is 1. The van der Waals surface area contributed by atoms with Crippen molar-refractivity contribution in [1.29, 1.82) is 0 Å². The number of methoxy groups -OCH3 is 1. The van der Waals surface area contributed by atoms with Crippen molar-refractivity contribution in [2.45, 2.75) is 10.8 Å². The molecular weight excluding hydrogens is 288 g/mol. The van der Waals surface area contributed by atoms with E-state index in [0.29, 0.717) is 16.2 Å². The smallest absolute Gasteiger partial charge is 0.311 e. The van der Waals surface area contributed by atoms with Crippen LogP contribution in [0.1, 0.15) is 11.5 Å². The van der Waals surface area contributed by atoms with Gasteiger partial charge in [0.15, 0.2) is 0 Å². The van der Waals surface area contributed by atoms with Crippen LogP contribution in [0.15, 0.2) is 59.5 Å². The summed E-state index contributed by atoms with van der Waals surface area (Å²) >= 11 is 0. The molecule has 2 aromatic rings. The SMILES string of the molecule is COc1cccc(S(=O)CC(C(=O)O)c2ccccc2)c1. The number of carboxylic acids is 1. The highest BCUT2D eigenvalue weighted by Gasteiger charge is 2.23. The first-order chi connectivity index (χ1) is 10.1. The van der Waals surface area contributed by atoms with Crippen LogP contribution in [0.2, 0.25) is 0 Å². The van der Waals surface area contributed by atoms with E-state index in [2.05, 4.69) is 0 Å². The van der Waals surface area contributed by atoms with Gasteiger partial charge in [0.05, 0.1) is 23.8 Å². The predicted molar refractivity (Wildman–Crippen MR) is 81.1 cm³/mol. The Balaban J connectivity index is 2.21. The quantitative estimate of drug-likeness (QED) is 0.891. The number of benzene rings is 2. The zero-order chi connectivity index (χ0) is 15.2. The van der Waals surface area contributed by atoms with Crippen molar-refractivity contribution in [3.63, 3.8) is 0 Å². The highest BCUT2D eigenvalue weighted by atomic mass is 32.2. The van der Waals surface area contributed by atoms with E-state index in [9.17, 15) is 14.1 Å². The van der Waals surface area contributed by atoms with Crippen LogP contribution in [0.4, 0.5) is 0 Å². The van der Waals surface area contributed by atoms with Crippen molar-refractivity contribution in [2.24, 2.45) is 0 Å². The van der Waals surface area contributed by atoms with Crippen LogP contribution in [0.5, 0.6) is 5.75 Å². The molecule has 2 aromatic carbocycles. The number of hydrogen-bond donors (Lipinski definition) is 1. The van der Waals surface area contributed by atoms with Gasteiger partial charge in [0.2, 0.25) is 0 Å². The summed E-state index contributed by atoms with van der Waals surface area (Å²) in [6.07, 6.45) is 0. The summed E-state index contributed by atoms with van der Waals surface area (Å²) in [5.74, 6) is -1.13. The molecule has 0 aliphatic heterocycles. The Hall–Kier alpha value is -2.14. The van der Waals surface area contributed by atoms with Crippen molar-refractivity contribution in [2.75, 3.05) is 12.9 Å². The molecule has 0 saturated carbocycles. The number of rotatable bonds is 6. The molecule has 0 amide bonds. The number of carboxylic acid groups (broad SMARTS) is 1. The van der Waals surface area contributed by atoms with Gasteiger partial charge in [-0.2, -0.15) is 0 Å². The lowest BCUT2D eigenvalue weighted by atomic mass is 10.0. The maximum atomic E-state index is 12.4. The molecule has 0 fully saturated rings. The summed E-state index contributed by atoms with van der Waals surface area (Å²) < 4.78 is 17.5. The fourth-order valence-corrected chi connectivity index (χ4v) is 3.29. The third kappa shape index (κ3) is 3.92. The molecule has 21 heavy (non-hydrogen) atoms. The van der Waals surface area contributed by atoms with Crippen molar-refractivity contribution < 1.29 is 18.8 Å². The normalized spacial score (nSPS) is 13.4. The van der Waals surface area contributed by atoms with Gasteiger partial charge in [0, 0.05) is 10.6 Å². The van der Waals surface area contributed by atoms with Crippen molar-refractivity contribution >= 4 is 16.8 Å². The fourth-order valence-electron chi connectivity index (χ4n) is 1.99. The first-order valence-corrected chi connectivity index (χ1v) is 7.74. The minimum atomic E-state index is -1.41. The molecule has 0 aliphatic rings. The predicted octanol–water partition coefficient (Wildman–Crippen LogP) is 2.67. The van der Waals surface area contributed by atoms with Gasteiger partial charge in [0.1, 0.15) is 5.75 Å². The molecule has 0 aliphatic carbocycles. The monoisotopic (exact) mass is 304 g/mol. The molecule has 2 atom stereocenters. The third-order valence-corrected chi connectivity index (χ3v) is 4.54. The molecule has 0 spiro atoms. The molecular formula is C16H16O4S. The van der Waals surface area contributed by atoms with Crippen molar-refractivity contribution in [1.82, 2.24) is 0 Å². The van der Waals surface area contributed by atoms with Crippen LogP contribution in [-0.2, 0) is 15.6 Å². The standard InChI is InChI=1S/C16H16O4S/c1-20-13-8-5-9-14(10-13)21(19)11-15(16(17)18)12-6-3-2-4-7-12/h2-10,15H,11H2,1H3,(H,17,18). The van der Waals surface area contributed by atoms with Crippen LogP contribution >= 0.6 is 0 Å². The number of hydrogen-bond acceptors (Lipinski definition) is 3. The fraction of sp³-hybridized carbons (Fsp3) is 0.188. The highest BCUT2D eigenvalue weighted by Crippen LogP contribution is 2.22. The van der Waals surface area contributed by atoms with Gasteiger partial charge < -0.3 is 9.84 Å². The van der Waals surface area contributed by atoms with Crippen LogP contribution in [0.25, 0.3) is 0 Å². The Morgan fingerprint density at radius 1 is 1.19 bits per heavy atom. The van der Waals surface area contributed by atoms with Gasteiger partial charge in [-0.1, -0.05) is 36.4 Å². The molecule has 2 rings (SSSR count). The molecule has 0 aromatic heterocycles. The Labute approximate surface area is 125 Å². The van der Waals surface area contributed by atoms with E-state index in [4.69, 9.17) is 4.74 Å². The average molecular weight is 304 g/mol. The van der Waals surface area contributed by atoms with Gasteiger partial charge in [0.25, 0.3) is 0 Å². The Morgan fingerprint density at radius 2 is 1.90 bits per heavy atom. The van der Waals surface area contributed by atoms with Gasteiger partial charge in [-0.15, -0.1) is 0 Å². The van der Waals surface area contributed by atoms with E-state index in [1.165, 1.54) is 7.11 Å². The molecule has 0 heterocycles. The molecule has 2 unspecified atom stereocenters. The second-order valence-corrected chi connectivity index (χ2v) is 5.99. The van der Waals surface area contributed by atoms with Crippen LogP contribution < -0.4 is 4.74 Å². The highest BCUT2D eigenvalue weighted by molar-refractivity contribution is 7.85. The second-order valence-electron chi connectivity index (χ2n) is 4.49. The molecule has 0 saturated heterocycles. The molecule has 0 radical (unpaired) electrons. The first-order valence-electron chi connectivity index (χ1n) is 6.42. The van der Waals surface area contributed by atoms with E-state index >= 15 is 0 Å². The second kappa shape index (κ2) is 7.04. The van der Waals surface area contributed by atoms with Crippen LogP contribution in [0, 0.1) is 0 Å². The molecule has 110 valence electrons. The van der Waals surface area contributed by atoms with Gasteiger partial charge >= 0.3 is 5.97 Å². The first kappa shape index (κ1) is 15.3. The van der Waals surface area contributed by atoms with Crippen LogP contribution in [-0.4, -0.2) is 28.1 Å². The van der Waals surface area contributed by atoms with Crippen LogP contribution in [0.3, 0.4) is 0 Å². The van der Waals surface area contributed by atoms with Crippen molar-refractivity contribution in [3.05, 3.63) is 60.2 Å². The van der Waals surface area contributed by atoms with E-state index in [1.807, 2.05) is 6.07 Å². The number of ether oxygens (including phenoxy) is 1. The van der Waals surface area contributed by atoms with E-state index in [1.54, 1.807) is 48.5 Å². The summed E-state index contributed by atoms with van der Waals surface area (Å²) in [4.78, 5) is 12.0. The summed E-state index contributed by atoms with van der Waals surface area (Å²) in [7, 11) is 0.127. The minimum Gasteiger partial charge on any atom is -0.497 e. The van der Waals surface area contributed by atoms with Gasteiger partial charge in [-0.3, -0.25) is 9.00 Å². The lowest BCUT2D eigenvalue weighted by Gasteiger charge is -2.12. The number of aliphatic carboxylic acids is 1. The lowest BCUT2D eigenvalue weighted by Crippen LogP contribution is -2.19. The zero-order valence-electron chi connectivity index (χ0n) is 11.6. The maximum absolute atomic E-state index is 12.4. The summed E-state index contributed by atoms with van der Waals surface area (Å²) in [6.45, 7) is 0. The zero-order valence-corrected chi connectivity index (χ0v) is 12.4. The largest absolute Gasteiger partial charge is 0.497 e.